The Morgan fingerprint density at radius 1 is 1.71 bits per heavy atom. The Labute approximate surface area is 81.3 Å². The van der Waals surface area contributed by atoms with Gasteiger partial charge in [0.15, 0.2) is 0 Å². The van der Waals surface area contributed by atoms with E-state index in [0.29, 0.717) is 13.0 Å². The van der Waals surface area contributed by atoms with Crippen molar-refractivity contribution >= 4 is 11.8 Å². The topological polar surface area (TPSA) is 77.2 Å². The number of hydrogen-bond acceptors (Lipinski definition) is 4. The van der Waals surface area contributed by atoms with Crippen LogP contribution in [-0.2, 0) is 11.2 Å². The maximum Gasteiger partial charge on any atom is 0.404 e. The molecule has 5 heteroatoms. The zero-order valence-electron chi connectivity index (χ0n) is 7.56. The van der Waals surface area contributed by atoms with E-state index in [0.717, 1.165) is 11.3 Å². The number of nitrogens with one attached hydrogen (secondary N) is 1. The van der Waals surface area contributed by atoms with Crippen molar-refractivity contribution in [3.05, 3.63) is 24.0 Å². The molecule has 0 spiro atoms. The minimum absolute atomic E-state index is 0.191. The van der Waals surface area contributed by atoms with E-state index in [1.807, 2.05) is 6.07 Å². The van der Waals surface area contributed by atoms with Gasteiger partial charge in [0.2, 0.25) is 0 Å². The second-order valence-corrected chi connectivity index (χ2v) is 3.18. The molecule has 1 amide bonds. The van der Waals surface area contributed by atoms with Crippen LogP contribution in [0, 0.1) is 0 Å². The van der Waals surface area contributed by atoms with Crippen LogP contribution in [0.2, 0.25) is 0 Å². The third kappa shape index (κ3) is 1.76. The molecule has 5 nitrogen and oxygen atoms in total. The number of nitrogens with zero attached hydrogens (tertiary/aromatic N) is 1. The molecule has 0 saturated heterocycles. The van der Waals surface area contributed by atoms with Gasteiger partial charge in [0, 0.05) is 24.5 Å². The molecule has 74 valence electrons. The number of nitrogens with two attached hydrogens (primary N) is 1. The van der Waals surface area contributed by atoms with E-state index in [9.17, 15) is 4.79 Å². The summed E-state index contributed by atoms with van der Waals surface area (Å²) in [6, 6.07) is 1.90. The van der Waals surface area contributed by atoms with Gasteiger partial charge in [-0.25, -0.2) is 4.79 Å². The Morgan fingerprint density at radius 3 is 3.36 bits per heavy atom. The molecule has 0 fully saturated rings. The summed E-state index contributed by atoms with van der Waals surface area (Å²) in [4.78, 5) is 14.5. The van der Waals surface area contributed by atoms with Crippen molar-refractivity contribution < 1.29 is 9.53 Å². The summed E-state index contributed by atoms with van der Waals surface area (Å²) < 4.78 is 4.90. The number of fused-ring (bicyclic) bond motifs is 1. The van der Waals surface area contributed by atoms with Crippen molar-refractivity contribution in [1.82, 2.24) is 4.98 Å². The predicted octanol–water partition coefficient (Wildman–Crippen LogP) is 0.513. The first-order chi connectivity index (χ1) is 6.75. The molecule has 1 aliphatic heterocycles. The Hall–Kier alpha value is -1.78. The normalized spacial score (nSPS) is 19.3. The lowest BCUT2D eigenvalue weighted by molar-refractivity contribution is 0.111. The average molecular weight is 193 g/mol. The number of anilines is 1. The maximum absolute atomic E-state index is 10.5. The molecule has 1 unspecified atom stereocenters. The van der Waals surface area contributed by atoms with E-state index in [4.69, 9.17) is 10.5 Å². The van der Waals surface area contributed by atoms with Gasteiger partial charge in [0.25, 0.3) is 0 Å². The third-order valence-electron chi connectivity index (χ3n) is 2.15. The molecular weight excluding hydrogens is 182 g/mol. The molecule has 1 atom stereocenters. The number of rotatable bonds is 1. The summed E-state index contributed by atoms with van der Waals surface area (Å²) in [5.74, 6) is 0. The van der Waals surface area contributed by atoms with Crippen molar-refractivity contribution in [2.45, 2.75) is 12.5 Å². The standard InChI is InChI=1S/C9H11N3O2/c10-9(13)14-7-3-6-4-11-2-1-8(6)12-5-7/h1-2,4,7,12H,3,5H2,(H2,10,13). The minimum atomic E-state index is -0.732. The van der Waals surface area contributed by atoms with E-state index in [1.165, 1.54) is 0 Å². The van der Waals surface area contributed by atoms with Gasteiger partial charge >= 0.3 is 6.09 Å². The number of ether oxygens (including phenoxy) is 1. The minimum Gasteiger partial charge on any atom is -0.444 e. The number of amides is 1. The third-order valence-corrected chi connectivity index (χ3v) is 2.15. The van der Waals surface area contributed by atoms with Crippen molar-refractivity contribution in [3.63, 3.8) is 0 Å². The molecule has 3 N–H and O–H groups in total. The number of primary amides is 1. The van der Waals surface area contributed by atoms with Crippen LogP contribution in [0.1, 0.15) is 5.56 Å². The summed E-state index contributed by atoms with van der Waals surface area (Å²) in [6.07, 6.45) is 3.23. The van der Waals surface area contributed by atoms with Crippen LogP contribution in [-0.4, -0.2) is 23.7 Å². The van der Waals surface area contributed by atoms with E-state index in [-0.39, 0.29) is 6.10 Å². The highest BCUT2D eigenvalue weighted by atomic mass is 16.6. The zero-order chi connectivity index (χ0) is 9.97. The van der Waals surface area contributed by atoms with Gasteiger partial charge in [-0.1, -0.05) is 0 Å². The fourth-order valence-corrected chi connectivity index (χ4v) is 1.55. The first kappa shape index (κ1) is 8.80. The van der Waals surface area contributed by atoms with Crippen LogP contribution in [0.15, 0.2) is 18.5 Å². The lowest BCUT2D eigenvalue weighted by Gasteiger charge is -2.24. The molecule has 0 aliphatic carbocycles. The number of carbonyl (C=O) groups is 1. The van der Waals surface area contributed by atoms with Crippen LogP contribution in [0.4, 0.5) is 10.5 Å². The number of aromatic nitrogens is 1. The lowest BCUT2D eigenvalue weighted by atomic mass is 10.0. The van der Waals surface area contributed by atoms with E-state index >= 15 is 0 Å². The van der Waals surface area contributed by atoms with Crippen molar-refractivity contribution in [2.75, 3.05) is 11.9 Å². The highest BCUT2D eigenvalue weighted by Gasteiger charge is 2.20. The Morgan fingerprint density at radius 2 is 2.57 bits per heavy atom. The smallest absolute Gasteiger partial charge is 0.404 e. The van der Waals surface area contributed by atoms with Crippen LogP contribution in [0.25, 0.3) is 0 Å². The molecule has 2 heterocycles. The molecule has 1 aromatic heterocycles. The monoisotopic (exact) mass is 193 g/mol. The van der Waals surface area contributed by atoms with Gasteiger partial charge in [-0.2, -0.15) is 0 Å². The van der Waals surface area contributed by atoms with E-state index in [2.05, 4.69) is 10.3 Å². The highest BCUT2D eigenvalue weighted by molar-refractivity contribution is 5.65. The van der Waals surface area contributed by atoms with Crippen molar-refractivity contribution in [2.24, 2.45) is 5.73 Å². The predicted molar refractivity (Wildman–Crippen MR) is 50.9 cm³/mol. The van der Waals surface area contributed by atoms with Crippen LogP contribution in [0.3, 0.4) is 0 Å². The molecule has 0 aromatic carbocycles. The fraction of sp³-hybridized carbons (Fsp3) is 0.333. The zero-order valence-corrected chi connectivity index (χ0v) is 7.56. The van der Waals surface area contributed by atoms with Crippen molar-refractivity contribution in [3.8, 4) is 0 Å². The van der Waals surface area contributed by atoms with Gasteiger partial charge in [0.1, 0.15) is 6.10 Å². The summed E-state index contributed by atoms with van der Waals surface area (Å²) >= 11 is 0. The van der Waals surface area contributed by atoms with Gasteiger partial charge in [-0.15, -0.1) is 0 Å². The average Bonchev–Trinajstić information content (AvgIpc) is 2.17. The van der Waals surface area contributed by atoms with E-state index < -0.39 is 6.09 Å². The van der Waals surface area contributed by atoms with Gasteiger partial charge in [-0.05, 0) is 11.6 Å². The van der Waals surface area contributed by atoms with Crippen LogP contribution < -0.4 is 11.1 Å². The summed E-state index contributed by atoms with van der Waals surface area (Å²) in [7, 11) is 0. The SMILES string of the molecule is NC(=O)OC1CNc2ccncc2C1. The molecule has 0 saturated carbocycles. The second-order valence-electron chi connectivity index (χ2n) is 3.18. The highest BCUT2D eigenvalue weighted by Crippen LogP contribution is 2.21. The quantitative estimate of drug-likeness (QED) is 0.681. The largest absolute Gasteiger partial charge is 0.444 e. The Kier molecular flexibility index (Phi) is 2.22. The number of pyridine rings is 1. The molecule has 2 rings (SSSR count). The molecular formula is C9H11N3O2. The molecule has 1 aliphatic rings. The fourth-order valence-electron chi connectivity index (χ4n) is 1.55. The summed E-state index contributed by atoms with van der Waals surface area (Å²) in [6.45, 7) is 0.597. The number of hydrogen-bond donors (Lipinski definition) is 2. The first-order valence-corrected chi connectivity index (χ1v) is 4.38. The Bertz CT molecular complexity index is 354. The van der Waals surface area contributed by atoms with Crippen molar-refractivity contribution in [1.29, 1.82) is 0 Å². The van der Waals surface area contributed by atoms with Gasteiger partial charge < -0.3 is 15.8 Å². The van der Waals surface area contributed by atoms with Crippen LogP contribution in [0.5, 0.6) is 0 Å². The van der Waals surface area contributed by atoms with E-state index in [1.54, 1.807) is 12.4 Å². The molecule has 1 aromatic rings. The second kappa shape index (κ2) is 3.53. The summed E-state index contributed by atoms with van der Waals surface area (Å²) in [5.41, 5.74) is 7.03. The number of carbonyl (C=O) groups excluding carboxylic acids is 1. The van der Waals surface area contributed by atoms with Crippen LogP contribution >= 0.6 is 0 Å². The van der Waals surface area contributed by atoms with Gasteiger partial charge in [0.05, 0.1) is 6.54 Å². The molecule has 14 heavy (non-hydrogen) atoms. The molecule has 0 radical (unpaired) electrons. The lowest BCUT2D eigenvalue weighted by Crippen LogP contribution is -2.34. The molecule has 0 bridgehead atoms. The first-order valence-electron chi connectivity index (χ1n) is 4.38. The summed E-state index contributed by atoms with van der Waals surface area (Å²) in [5, 5.41) is 3.15. The van der Waals surface area contributed by atoms with Gasteiger partial charge in [-0.3, -0.25) is 4.98 Å². The maximum atomic E-state index is 10.5. The Balaban J connectivity index is 2.09.